The van der Waals surface area contributed by atoms with Crippen LogP contribution in [0.4, 0.5) is 0 Å². The molecule has 2 atom stereocenters. The normalized spacial score (nSPS) is 20.2. The number of ether oxygens (including phenoxy) is 1. The minimum Gasteiger partial charge on any atom is -0.381 e. The molecule has 0 aromatic heterocycles. The van der Waals surface area contributed by atoms with Crippen molar-refractivity contribution in [3.8, 4) is 0 Å². The Balaban J connectivity index is 1.84. The SMILES string of the molecule is CN(CC1CCOC1)C(=O)[C@@H](N)Cc1ccccc1. The van der Waals surface area contributed by atoms with E-state index in [1.165, 1.54) is 0 Å². The molecule has 1 saturated heterocycles. The van der Waals surface area contributed by atoms with Crippen molar-refractivity contribution in [3.05, 3.63) is 35.9 Å². The van der Waals surface area contributed by atoms with Crippen molar-refractivity contribution in [1.82, 2.24) is 4.90 Å². The molecule has 0 radical (unpaired) electrons. The molecule has 4 heteroatoms. The maximum absolute atomic E-state index is 12.2. The van der Waals surface area contributed by atoms with Crippen molar-refractivity contribution in [2.24, 2.45) is 11.7 Å². The largest absolute Gasteiger partial charge is 0.381 e. The number of benzene rings is 1. The molecule has 0 aliphatic carbocycles. The van der Waals surface area contributed by atoms with E-state index in [1.54, 1.807) is 4.90 Å². The van der Waals surface area contributed by atoms with Crippen LogP contribution in [-0.4, -0.2) is 43.7 Å². The Morgan fingerprint density at radius 2 is 2.21 bits per heavy atom. The zero-order valence-electron chi connectivity index (χ0n) is 11.4. The molecule has 1 aromatic rings. The van der Waals surface area contributed by atoms with Crippen molar-refractivity contribution in [2.75, 3.05) is 26.8 Å². The molecule has 1 heterocycles. The number of rotatable bonds is 5. The Morgan fingerprint density at radius 1 is 1.47 bits per heavy atom. The molecule has 0 saturated carbocycles. The van der Waals surface area contributed by atoms with Crippen LogP contribution in [0.1, 0.15) is 12.0 Å². The zero-order chi connectivity index (χ0) is 13.7. The van der Waals surface area contributed by atoms with Gasteiger partial charge in [-0.15, -0.1) is 0 Å². The van der Waals surface area contributed by atoms with E-state index >= 15 is 0 Å². The molecule has 1 aliphatic rings. The van der Waals surface area contributed by atoms with Crippen LogP contribution in [0.25, 0.3) is 0 Å². The fraction of sp³-hybridized carbons (Fsp3) is 0.533. The van der Waals surface area contributed by atoms with Gasteiger partial charge in [0.1, 0.15) is 0 Å². The lowest BCUT2D eigenvalue weighted by Crippen LogP contribution is -2.44. The maximum atomic E-state index is 12.2. The third-order valence-electron chi connectivity index (χ3n) is 3.55. The third kappa shape index (κ3) is 4.04. The Labute approximate surface area is 114 Å². The standard InChI is InChI=1S/C15H22N2O2/c1-17(10-13-7-8-19-11-13)15(18)14(16)9-12-5-3-2-4-6-12/h2-6,13-14H,7-11,16H2,1H3/t13?,14-/m0/s1. The summed E-state index contributed by atoms with van der Waals surface area (Å²) in [6, 6.07) is 9.42. The van der Waals surface area contributed by atoms with E-state index in [0.717, 1.165) is 31.7 Å². The van der Waals surface area contributed by atoms with Gasteiger partial charge in [0.15, 0.2) is 0 Å². The Hall–Kier alpha value is -1.39. The molecule has 1 aliphatic heterocycles. The Bertz CT molecular complexity index is 402. The van der Waals surface area contributed by atoms with Crippen LogP contribution in [0.5, 0.6) is 0 Å². The van der Waals surface area contributed by atoms with Crippen LogP contribution in [0.15, 0.2) is 30.3 Å². The van der Waals surface area contributed by atoms with Gasteiger partial charge in [0.2, 0.25) is 5.91 Å². The van der Waals surface area contributed by atoms with Gasteiger partial charge in [-0.2, -0.15) is 0 Å². The predicted octanol–water partition coefficient (Wildman–Crippen LogP) is 1.05. The van der Waals surface area contributed by atoms with Gasteiger partial charge in [0, 0.05) is 26.1 Å². The Kier molecular flexibility index (Phi) is 4.93. The van der Waals surface area contributed by atoms with Crippen LogP contribution < -0.4 is 5.73 Å². The summed E-state index contributed by atoms with van der Waals surface area (Å²) in [5.41, 5.74) is 7.10. The number of likely N-dealkylation sites (N-methyl/N-ethyl adjacent to an activating group) is 1. The number of amides is 1. The smallest absolute Gasteiger partial charge is 0.239 e. The summed E-state index contributed by atoms with van der Waals surface area (Å²) in [6.45, 7) is 2.30. The summed E-state index contributed by atoms with van der Waals surface area (Å²) in [5, 5.41) is 0. The lowest BCUT2D eigenvalue weighted by Gasteiger charge is -2.23. The second kappa shape index (κ2) is 6.68. The minimum atomic E-state index is -0.463. The molecule has 19 heavy (non-hydrogen) atoms. The summed E-state index contributed by atoms with van der Waals surface area (Å²) in [4.78, 5) is 13.9. The van der Waals surface area contributed by atoms with Crippen LogP contribution in [0, 0.1) is 5.92 Å². The second-order valence-corrected chi connectivity index (χ2v) is 5.24. The molecule has 1 aromatic carbocycles. The highest BCUT2D eigenvalue weighted by atomic mass is 16.5. The number of carbonyl (C=O) groups excluding carboxylic acids is 1. The summed E-state index contributed by atoms with van der Waals surface area (Å²) >= 11 is 0. The van der Waals surface area contributed by atoms with Crippen LogP contribution in [-0.2, 0) is 16.0 Å². The molecular formula is C15H22N2O2. The van der Waals surface area contributed by atoms with Crippen LogP contribution in [0.2, 0.25) is 0 Å². The van der Waals surface area contributed by atoms with Gasteiger partial charge in [-0.05, 0) is 18.4 Å². The fourth-order valence-electron chi connectivity index (χ4n) is 2.44. The number of nitrogens with two attached hydrogens (primary N) is 1. The van der Waals surface area contributed by atoms with Crippen molar-refractivity contribution >= 4 is 5.91 Å². The van der Waals surface area contributed by atoms with E-state index < -0.39 is 6.04 Å². The van der Waals surface area contributed by atoms with Crippen molar-refractivity contribution in [3.63, 3.8) is 0 Å². The second-order valence-electron chi connectivity index (χ2n) is 5.24. The first-order valence-corrected chi connectivity index (χ1v) is 6.79. The fourth-order valence-corrected chi connectivity index (χ4v) is 2.44. The summed E-state index contributed by atoms with van der Waals surface area (Å²) < 4.78 is 5.32. The molecule has 104 valence electrons. The molecule has 4 nitrogen and oxygen atoms in total. The van der Waals surface area contributed by atoms with Crippen LogP contribution in [0.3, 0.4) is 0 Å². The monoisotopic (exact) mass is 262 g/mol. The van der Waals surface area contributed by atoms with Crippen molar-refractivity contribution in [1.29, 1.82) is 0 Å². The summed E-state index contributed by atoms with van der Waals surface area (Å²) in [5.74, 6) is 0.466. The molecule has 2 N–H and O–H groups in total. The number of hydrogen-bond acceptors (Lipinski definition) is 3. The molecule has 1 fully saturated rings. The van der Waals surface area contributed by atoms with E-state index in [0.29, 0.717) is 12.3 Å². The van der Waals surface area contributed by atoms with Crippen LogP contribution >= 0.6 is 0 Å². The maximum Gasteiger partial charge on any atom is 0.239 e. The first-order chi connectivity index (χ1) is 9.16. The first-order valence-electron chi connectivity index (χ1n) is 6.79. The highest BCUT2D eigenvalue weighted by Gasteiger charge is 2.23. The highest BCUT2D eigenvalue weighted by Crippen LogP contribution is 2.14. The Morgan fingerprint density at radius 3 is 2.84 bits per heavy atom. The van der Waals surface area contributed by atoms with Gasteiger partial charge in [0.05, 0.1) is 12.6 Å². The summed E-state index contributed by atoms with van der Waals surface area (Å²) in [6.07, 6.45) is 1.62. The van der Waals surface area contributed by atoms with E-state index in [9.17, 15) is 4.79 Å². The van der Waals surface area contributed by atoms with E-state index in [2.05, 4.69) is 0 Å². The average molecular weight is 262 g/mol. The third-order valence-corrected chi connectivity index (χ3v) is 3.55. The van der Waals surface area contributed by atoms with Crippen molar-refractivity contribution < 1.29 is 9.53 Å². The number of hydrogen-bond donors (Lipinski definition) is 1. The lowest BCUT2D eigenvalue weighted by atomic mass is 10.0. The van der Waals surface area contributed by atoms with E-state index in [1.807, 2.05) is 37.4 Å². The van der Waals surface area contributed by atoms with Gasteiger partial charge in [0.25, 0.3) is 0 Å². The predicted molar refractivity (Wildman–Crippen MR) is 74.7 cm³/mol. The average Bonchev–Trinajstić information content (AvgIpc) is 2.91. The van der Waals surface area contributed by atoms with E-state index in [-0.39, 0.29) is 5.91 Å². The van der Waals surface area contributed by atoms with E-state index in [4.69, 9.17) is 10.5 Å². The molecule has 0 spiro atoms. The summed E-state index contributed by atoms with van der Waals surface area (Å²) in [7, 11) is 1.82. The van der Waals surface area contributed by atoms with Gasteiger partial charge >= 0.3 is 0 Å². The van der Waals surface area contributed by atoms with Gasteiger partial charge in [-0.25, -0.2) is 0 Å². The number of nitrogens with zero attached hydrogens (tertiary/aromatic N) is 1. The molecule has 1 amide bonds. The highest BCUT2D eigenvalue weighted by molar-refractivity contribution is 5.81. The van der Waals surface area contributed by atoms with Crippen molar-refractivity contribution in [2.45, 2.75) is 18.9 Å². The zero-order valence-corrected chi connectivity index (χ0v) is 11.4. The number of carbonyl (C=O) groups is 1. The molecule has 1 unspecified atom stereocenters. The topological polar surface area (TPSA) is 55.6 Å². The molecule has 2 rings (SSSR count). The molecular weight excluding hydrogens is 240 g/mol. The van der Waals surface area contributed by atoms with Gasteiger partial charge in [-0.3, -0.25) is 4.79 Å². The van der Waals surface area contributed by atoms with Gasteiger partial charge < -0.3 is 15.4 Å². The minimum absolute atomic E-state index is 0.00996. The molecule has 0 bridgehead atoms. The first kappa shape index (κ1) is 14.0. The van der Waals surface area contributed by atoms with Gasteiger partial charge in [-0.1, -0.05) is 30.3 Å². The quantitative estimate of drug-likeness (QED) is 0.863. The lowest BCUT2D eigenvalue weighted by molar-refractivity contribution is -0.131.